The molecule has 1 unspecified atom stereocenters. The molecule has 0 aliphatic carbocycles. The molecule has 1 heterocycles. The van der Waals surface area contributed by atoms with Gasteiger partial charge in [-0.05, 0) is 47.9 Å². The van der Waals surface area contributed by atoms with Gasteiger partial charge in [0.2, 0.25) is 0 Å². The second-order valence-electron chi connectivity index (χ2n) is 8.30. The maximum Gasteiger partial charge on any atom is 0.295 e. The molecule has 0 spiro atoms. The number of ketones is 1. The number of carbonyl (C=O) groups excluding carboxylic acids is 2. The van der Waals surface area contributed by atoms with Gasteiger partial charge in [-0.15, -0.1) is 0 Å². The van der Waals surface area contributed by atoms with Gasteiger partial charge in [0, 0.05) is 23.7 Å². The average molecular weight is 536 g/mol. The van der Waals surface area contributed by atoms with Gasteiger partial charge in [-0.1, -0.05) is 64.5 Å². The molecule has 1 atom stereocenters. The standard InChI is InChI=1S/C28H26BrNO5/c1-18-15-21(11-12-23(18)29)26(31)24-25(30(13-14-34-2)28(33)27(24)32)20-9-6-10-22(16-20)35-17-19-7-4-3-5-8-19/h3-12,15-16,25,31H,13-14,17H2,1-2H3/b26-24-. The van der Waals surface area contributed by atoms with Crippen LogP contribution < -0.4 is 4.74 Å². The lowest BCUT2D eigenvalue weighted by atomic mass is 9.94. The van der Waals surface area contributed by atoms with Crippen molar-refractivity contribution in [3.8, 4) is 5.75 Å². The monoisotopic (exact) mass is 535 g/mol. The predicted molar refractivity (Wildman–Crippen MR) is 137 cm³/mol. The van der Waals surface area contributed by atoms with Crippen LogP contribution in [0.25, 0.3) is 5.76 Å². The zero-order valence-electron chi connectivity index (χ0n) is 19.5. The number of aryl methyl sites for hydroxylation is 1. The number of rotatable bonds is 8. The number of aliphatic hydroxyl groups excluding tert-OH is 1. The fourth-order valence-corrected chi connectivity index (χ4v) is 4.36. The molecule has 7 heteroatoms. The van der Waals surface area contributed by atoms with Crippen molar-refractivity contribution in [1.82, 2.24) is 4.90 Å². The van der Waals surface area contributed by atoms with Crippen molar-refractivity contribution in [3.05, 3.63) is 105 Å². The number of hydrogen-bond donors (Lipinski definition) is 1. The van der Waals surface area contributed by atoms with Crippen molar-refractivity contribution in [2.24, 2.45) is 0 Å². The summed E-state index contributed by atoms with van der Waals surface area (Å²) in [7, 11) is 1.54. The fourth-order valence-electron chi connectivity index (χ4n) is 4.11. The minimum absolute atomic E-state index is 0.0491. The molecule has 0 aromatic heterocycles. The Kier molecular flexibility index (Phi) is 7.68. The molecule has 3 aromatic rings. The molecule has 1 aliphatic rings. The molecule has 0 saturated carbocycles. The molecule has 0 radical (unpaired) electrons. The van der Waals surface area contributed by atoms with E-state index in [4.69, 9.17) is 9.47 Å². The van der Waals surface area contributed by atoms with E-state index in [9.17, 15) is 14.7 Å². The van der Waals surface area contributed by atoms with E-state index < -0.39 is 17.7 Å². The number of methoxy groups -OCH3 is 1. The van der Waals surface area contributed by atoms with Crippen LogP contribution in [-0.4, -0.2) is 42.0 Å². The summed E-state index contributed by atoms with van der Waals surface area (Å²) >= 11 is 3.45. The first-order valence-corrected chi connectivity index (χ1v) is 12.0. The molecule has 0 bridgehead atoms. The number of halogens is 1. The van der Waals surface area contributed by atoms with Crippen LogP contribution >= 0.6 is 15.9 Å². The molecule has 4 rings (SSSR count). The summed E-state index contributed by atoms with van der Waals surface area (Å²) in [6.07, 6.45) is 0. The van der Waals surface area contributed by atoms with Crippen LogP contribution in [0, 0.1) is 6.92 Å². The summed E-state index contributed by atoms with van der Waals surface area (Å²) in [5.74, 6) is -1.000. The second kappa shape index (κ2) is 10.9. The van der Waals surface area contributed by atoms with Crippen LogP contribution in [0.3, 0.4) is 0 Å². The Morgan fingerprint density at radius 3 is 2.51 bits per heavy atom. The first-order chi connectivity index (χ1) is 16.9. The van der Waals surface area contributed by atoms with E-state index in [0.717, 1.165) is 15.6 Å². The van der Waals surface area contributed by atoms with E-state index >= 15 is 0 Å². The molecule has 1 fully saturated rings. The van der Waals surface area contributed by atoms with Crippen LogP contribution in [0.5, 0.6) is 5.75 Å². The van der Waals surface area contributed by atoms with Crippen molar-refractivity contribution in [1.29, 1.82) is 0 Å². The quantitative estimate of drug-likeness (QED) is 0.237. The van der Waals surface area contributed by atoms with Crippen LogP contribution in [0.4, 0.5) is 0 Å². The van der Waals surface area contributed by atoms with E-state index in [1.54, 1.807) is 24.3 Å². The number of amides is 1. The number of nitrogens with zero attached hydrogens (tertiary/aromatic N) is 1. The van der Waals surface area contributed by atoms with Crippen LogP contribution in [0.15, 0.2) is 82.8 Å². The summed E-state index contributed by atoms with van der Waals surface area (Å²) in [6, 6.07) is 21.6. The number of likely N-dealkylation sites (tertiary alicyclic amines) is 1. The molecule has 1 aliphatic heterocycles. The van der Waals surface area contributed by atoms with Gasteiger partial charge < -0.3 is 19.5 Å². The molecule has 180 valence electrons. The van der Waals surface area contributed by atoms with Gasteiger partial charge in [-0.2, -0.15) is 0 Å². The van der Waals surface area contributed by atoms with Gasteiger partial charge >= 0.3 is 0 Å². The highest BCUT2D eigenvalue weighted by Crippen LogP contribution is 2.40. The largest absolute Gasteiger partial charge is 0.507 e. The van der Waals surface area contributed by atoms with Gasteiger partial charge in [0.1, 0.15) is 18.1 Å². The van der Waals surface area contributed by atoms with Crippen LogP contribution in [-0.2, 0) is 20.9 Å². The second-order valence-corrected chi connectivity index (χ2v) is 9.15. The fraction of sp³-hybridized carbons (Fsp3) is 0.214. The maximum atomic E-state index is 13.1. The summed E-state index contributed by atoms with van der Waals surface area (Å²) < 4.78 is 12.0. The zero-order valence-corrected chi connectivity index (χ0v) is 21.1. The van der Waals surface area contributed by atoms with E-state index in [1.807, 2.05) is 55.5 Å². The zero-order chi connectivity index (χ0) is 24.9. The van der Waals surface area contributed by atoms with Crippen molar-refractivity contribution < 1.29 is 24.2 Å². The normalized spacial score (nSPS) is 17.1. The van der Waals surface area contributed by atoms with E-state index in [-0.39, 0.29) is 24.5 Å². The molecule has 35 heavy (non-hydrogen) atoms. The van der Waals surface area contributed by atoms with Gasteiger partial charge in [0.15, 0.2) is 0 Å². The number of carbonyl (C=O) groups is 2. The Morgan fingerprint density at radius 1 is 1.03 bits per heavy atom. The van der Waals surface area contributed by atoms with E-state index in [1.165, 1.54) is 12.0 Å². The molecule has 1 amide bonds. The summed E-state index contributed by atoms with van der Waals surface area (Å²) in [5, 5.41) is 11.2. The number of aliphatic hydroxyl groups is 1. The van der Waals surface area contributed by atoms with Gasteiger partial charge in [-0.25, -0.2) is 0 Å². The molecule has 1 saturated heterocycles. The Bertz CT molecular complexity index is 1270. The van der Waals surface area contributed by atoms with E-state index in [0.29, 0.717) is 23.5 Å². The minimum atomic E-state index is -0.769. The first kappa shape index (κ1) is 24.7. The van der Waals surface area contributed by atoms with Crippen molar-refractivity contribution in [2.45, 2.75) is 19.6 Å². The lowest BCUT2D eigenvalue weighted by molar-refractivity contribution is -0.140. The highest BCUT2D eigenvalue weighted by molar-refractivity contribution is 9.10. The van der Waals surface area contributed by atoms with Crippen molar-refractivity contribution in [3.63, 3.8) is 0 Å². The lowest BCUT2D eigenvalue weighted by Gasteiger charge is -2.25. The highest BCUT2D eigenvalue weighted by atomic mass is 79.9. The lowest BCUT2D eigenvalue weighted by Crippen LogP contribution is -2.32. The maximum absolute atomic E-state index is 13.1. The van der Waals surface area contributed by atoms with Crippen molar-refractivity contribution in [2.75, 3.05) is 20.3 Å². The number of benzene rings is 3. The van der Waals surface area contributed by atoms with Crippen LogP contribution in [0.2, 0.25) is 0 Å². The average Bonchev–Trinajstić information content (AvgIpc) is 3.13. The first-order valence-electron chi connectivity index (χ1n) is 11.2. The Morgan fingerprint density at radius 2 is 1.80 bits per heavy atom. The topological polar surface area (TPSA) is 76.1 Å². The highest BCUT2D eigenvalue weighted by Gasteiger charge is 2.46. The van der Waals surface area contributed by atoms with Crippen molar-refractivity contribution >= 4 is 33.4 Å². The van der Waals surface area contributed by atoms with E-state index in [2.05, 4.69) is 15.9 Å². The Labute approximate surface area is 212 Å². The smallest absolute Gasteiger partial charge is 0.295 e. The molecular weight excluding hydrogens is 510 g/mol. The SMILES string of the molecule is COCCN1C(=O)C(=O)/C(=C(\O)c2ccc(Br)c(C)c2)C1c1cccc(OCc2ccccc2)c1. The minimum Gasteiger partial charge on any atom is -0.507 e. The summed E-state index contributed by atoms with van der Waals surface area (Å²) in [5.41, 5.74) is 3.11. The van der Waals surface area contributed by atoms with Crippen LogP contribution in [0.1, 0.15) is 28.3 Å². The number of hydrogen-bond acceptors (Lipinski definition) is 5. The number of Topliss-reactive ketones (excluding diaryl/α,β-unsaturated/α-hetero) is 1. The third kappa shape index (κ3) is 5.31. The molecule has 1 N–H and O–H groups in total. The Balaban J connectivity index is 1.75. The summed E-state index contributed by atoms with van der Waals surface area (Å²) in [6.45, 7) is 2.73. The molecule has 3 aromatic carbocycles. The predicted octanol–water partition coefficient (Wildman–Crippen LogP) is 5.40. The van der Waals surface area contributed by atoms with Gasteiger partial charge in [0.25, 0.3) is 11.7 Å². The Hall–Kier alpha value is -3.42. The van der Waals surface area contributed by atoms with Gasteiger partial charge in [0.05, 0.1) is 18.2 Å². The third-order valence-corrected chi connectivity index (χ3v) is 6.82. The molecule has 6 nitrogen and oxygen atoms in total. The third-order valence-electron chi connectivity index (χ3n) is 5.93. The number of ether oxygens (including phenoxy) is 2. The summed E-state index contributed by atoms with van der Waals surface area (Å²) in [4.78, 5) is 27.6. The van der Waals surface area contributed by atoms with Gasteiger partial charge in [-0.3, -0.25) is 9.59 Å². The molecular formula is C28H26BrNO5.